The van der Waals surface area contributed by atoms with E-state index in [9.17, 15) is 0 Å². The molecule has 0 bridgehead atoms. The number of nitrogens with zero attached hydrogens (tertiary/aromatic N) is 3. The Labute approximate surface area is 209 Å². The van der Waals surface area contributed by atoms with Crippen LogP contribution in [0, 0.1) is 0 Å². The number of benzene rings is 2. The number of halogens is 1. The maximum absolute atomic E-state index is 3.83. The van der Waals surface area contributed by atoms with Gasteiger partial charge in [0, 0.05) is 67.5 Å². The third-order valence-corrected chi connectivity index (χ3v) is 7.58. The molecule has 0 aliphatic carbocycles. The summed E-state index contributed by atoms with van der Waals surface area (Å²) in [7, 11) is 4.25. The molecule has 2 aromatic carbocycles. The van der Waals surface area contributed by atoms with Crippen molar-refractivity contribution in [1.29, 1.82) is 0 Å². The molecule has 0 spiro atoms. The van der Waals surface area contributed by atoms with Crippen LogP contribution in [0.25, 0.3) is 0 Å². The van der Waals surface area contributed by atoms with Gasteiger partial charge in [-0.15, -0.1) is 24.0 Å². The fraction of sp³-hybridized carbons (Fsp3) is 0.520. The van der Waals surface area contributed by atoms with Crippen molar-refractivity contribution >= 4 is 58.5 Å². The zero-order valence-electron chi connectivity index (χ0n) is 19.8. The molecule has 0 radical (unpaired) electrons. The number of rotatable bonds is 5. The normalized spacial score (nSPS) is 15.8. The minimum Gasteiger partial charge on any atom is -0.378 e. The SMILES string of the molecule is CCc1cc(N(C)C)cc2c1Nc1c(CC)cc(N3CCN(C(C)C)CC3)cc1S2.I. The van der Waals surface area contributed by atoms with E-state index in [0.717, 1.165) is 39.0 Å². The molecular formula is C25H37IN4S. The number of aryl methyl sites for hydroxylation is 2. The molecule has 31 heavy (non-hydrogen) atoms. The van der Waals surface area contributed by atoms with Crippen molar-refractivity contribution in [2.45, 2.75) is 56.4 Å². The zero-order chi connectivity index (χ0) is 21.4. The van der Waals surface area contributed by atoms with Gasteiger partial charge in [0.15, 0.2) is 0 Å². The van der Waals surface area contributed by atoms with Crippen LogP contribution in [-0.2, 0) is 12.8 Å². The molecule has 170 valence electrons. The Kier molecular flexibility index (Phi) is 8.08. The molecule has 1 N–H and O–H groups in total. The molecule has 1 fully saturated rings. The number of hydrogen-bond acceptors (Lipinski definition) is 5. The fourth-order valence-corrected chi connectivity index (χ4v) is 5.66. The Morgan fingerprint density at radius 1 is 0.903 bits per heavy atom. The Morgan fingerprint density at radius 3 is 2.03 bits per heavy atom. The summed E-state index contributed by atoms with van der Waals surface area (Å²) in [5.74, 6) is 0. The number of nitrogens with one attached hydrogen (secondary N) is 1. The van der Waals surface area contributed by atoms with Crippen LogP contribution in [0.4, 0.5) is 22.7 Å². The number of piperazine rings is 1. The molecule has 2 aromatic rings. The zero-order valence-corrected chi connectivity index (χ0v) is 22.9. The quantitative estimate of drug-likeness (QED) is 0.378. The molecule has 0 saturated carbocycles. The molecule has 0 aromatic heterocycles. The van der Waals surface area contributed by atoms with Gasteiger partial charge >= 0.3 is 0 Å². The number of fused-ring (bicyclic) bond motifs is 2. The molecule has 2 aliphatic heterocycles. The van der Waals surface area contributed by atoms with Crippen molar-refractivity contribution in [3.63, 3.8) is 0 Å². The van der Waals surface area contributed by atoms with E-state index >= 15 is 0 Å². The second kappa shape index (κ2) is 10.2. The van der Waals surface area contributed by atoms with Gasteiger partial charge in [0.25, 0.3) is 0 Å². The van der Waals surface area contributed by atoms with Crippen molar-refractivity contribution in [3.05, 3.63) is 35.4 Å². The first kappa shape index (κ1) is 24.5. The lowest BCUT2D eigenvalue weighted by Crippen LogP contribution is -2.48. The van der Waals surface area contributed by atoms with Crippen molar-refractivity contribution in [3.8, 4) is 0 Å². The van der Waals surface area contributed by atoms with Gasteiger partial charge in [0.05, 0.1) is 11.4 Å². The topological polar surface area (TPSA) is 21.8 Å². The van der Waals surface area contributed by atoms with Gasteiger partial charge in [0.1, 0.15) is 0 Å². The lowest BCUT2D eigenvalue weighted by molar-refractivity contribution is 0.209. The molecule has 0 unspecified atom stereocenters. The van der Waals surface area contributed by atoms with E-state index in [1.54, 1.807) is 0 Å². The summed E-state index contributed by atoms with van der Waals surface area (Å²) < 4.78 is 0. The Balaban J connectivity index is 0.00000272. The van der Waals surface area contributed by atoms with Gasteiger partial charge in [-0.1, -0.05) is 25.6 Å². The Morgan fingerprint density at radius 2 is 1.48 bits per heavy atom. The lowest BCUT2D eigenvalue weighted by atomic mass is 10.0. The highest BCUT2D eigenvalue weighted by atomic mass is 127. The van der Waals surface area contributed by atoms with Crippen LogP contribution in [0.5, 0.6) is 0 Å². The molecule has 0 amide bonds. The molecule has 2 aliphatic rings. The van der Waals surface area contributed by atoms with Gasteiger partial charge in [0.2, 0.25) is 0 Å². The van der Waals surface area contributed by atoms with Gasteiger partial charge < -0.3 is 15.1 Å². The van der Waals surface area contributed by atoms with Crippen LogP contribution in [0.15, 0.2) is 34.1 Å². The lowest BCUT2D eigenvalue weighted by Gasteiger charge is -2.39. The van der Waals surface area contributed by atoms with E-state index in [2.05, 4.69) is 86.1 Å². The second-order valence-corrected chi connectivity index (χ2v) is 9.99. The summed E-state index contributed by atoms with van der Waals surface area (Å²) in [4.78, 5) is 10.1. The molecule has 2 heterocycles. The smallest absolute Gasteiger partial charge is 0.0560 e. The Bertz CT molecular complexity index is 920. The summed E-state index contributed by atoms with van der Waals surface area (Å²) in [6, 6.07) is 10.1. The average Bonchev–Trinajstić information content (AvgIpc) is 2.76. The van der Waals surface area contributed by atoms with E-state index < -0.39 is 0 Å². The monoisotopic (exact) mass is 552 g/mol. The summed E-state index contributed by atoms with van der Waals surface area (Å²) in [6.45, 7) is 13.6. The molecule has 0 atom stereocenters. The van der Waals surface area contributed by atoms with E-state index in [1.165, 1.54) is 43.7 Å². The summed E-state index contributed by atoms with van der Waals surface area (Å²) in [6.07, 6.45) is 2.08. The van der Waals surface area contributed by atoms with Crippen LogP contribution in [-0.4, -0.2) is 51.2 Å². The first-order chi connectivity index (χ1) is 14.4. The largest absolute Gasteiger partial charge is 0.378 e. The summed E-state index contributed by atoms with van der Waals surface area (Å²) in [5.41, 5.74) is 8.09. The maximum atomic E-state index is 3.83. The van der Waals surface area contributed by atoms with Crippen LogP contribution >= 0.6 is 35.7 Å². The standard InChI is InChI=1S/C25H36N4S.HI/c1-7-18-13-20(27(5)6)15-22-24(18)26-25-19(8-2)14-21(16-23(25)30-22)29-11-9-28(10-12-29)17(3)4;/h13-17,26H,7-12H2,1-6H3;1H. The van der Waals surface area contributed by atoms with Gasteiger partial charge in [-0.05, 0) is 62.1 Å². The average molecular weight is 553 g/mol. The fourth-order valence-electron chi connectivity index (χ4n) is 4.50. The van der Waals surface area contributed by atoms with Crippen molar-refractivity contribution < 1.29 is 0 Å². The van der Waals surface area contributed by atoms with Crippen LogP contribution in [0.1, 0.15) is 38.8 Å². The molecule has 6 heteroatoms. The minimum absolute atomic E-state index is 0. The molecule has 1 saturated heterocycles. The highest BCUT2D eigenvalue weighted by Crippen LogP contribution is 2.49. The minimum atomic E-state index is 0. The van der Waals surface area contributed by atoms with E-state index in [4.69, 9.17) is 0 Å². The third-order valence-electron chi connectivity index (χ3n) is 6.50. The van der Waals surface area contributed by atoms with E-state index in [1.807, 2.05) is 11.8 Å². The van der Waals surface area contributed by atoms with E-state index in [0.29, 0.717) is 6.04 Å². The Hall–Kier alpha value is -1.12. The predicted octanol–water partition coefficient (Wildman–Crippen LogP) is 6.23. The second-order valence-electron chi connectivity index (χ2n) is 8.90. The highest BCUT2D eigenvalue weighted by Gasteiger charge is 2.25. The van der Waals surface area contributed by atoms with Crippen LogP contribution in [0.3, 0.4) is 0 Å². The van der Waals surface area contributed by atoms with Crippen LogP contribution < -0.4 is 15.1 Å². The highest BCUT2D eigenvalue weighted by molar-refractivity contribution is 14.0. The molecule has 4 nitrogen and oxygen atoms in total. The molecule has 4 rings (SSSR count). The van der Waals surface area contributed by atoms with Gasteiger partial charge in [-0.2, -0.15) is 0 Å². The van der Waals surface area contributed by atoms with E-state index in [-0.39, 0.29) is 24.0 Å². The third kappa shape index (κ3) is 4.96. The first-order valence-electron chi connectivity index (χ1n) is 11.4. The first-order valence-corrected chi connectivity index (χ1v) is 12.2. The van der Waals surface area contributed by atoms with Crippen molar-refractivity contribution in [2.24, 2.45) is 0 Å². The summed E-state index contributed by atoms with van der Waals surface area (Å²) >= 11 is 1.93. The molecular weight excluding hydrogens is 515 g/mol. The van der Waals surface area contributed by atoms with Crippen LogP contribution in [0.2, 0.25) is 0 Å². The predicted molar refractivity (Wildman–Crippen MR) is 148 cm³/mol. The van der Waals surface area contributed by atoms with Crippen molar-refractivity contribution in [2.75, 3.05) is 55.4 Å². The number of anilines is 4. The van der Waals surface area contributed by atoms with Gasteiger partial charge in [-0.25, -0.2) is 0 Å². The maximum Gasteiger partial charge on any atom is 0.0560 e. The number of hydrogen-bond donors (Lipinski definition) is 1. The van der Waals surface area contributed by atoms with Crippen molar-refractivity contribution in [1.82, 2.24) is 4.90 Å². The van der Waals surface area contributed by atoms with Gasteiger partial charge in [-0.3, -0.25) is 4.90 Å². The summed E-state index contributed by atoms with van der Waals surface area (Å²) in [5, 5.41) is 3.83.